The molecular formula is C14H16N2O5S. The quantitative estimate of drug-likeness (QED) is 0.870. The minimum absolute atomic E-state index is 0.205. The highest BCUT2D eigenvalue weighted by atomic mass is 32.2. The number of carbonyl (C=O) groups is 2. The summed E-state index contributed by atoms with van der Waals surface area (Å²) in [5, 5.41) is 11.9. The van der Waals surface area contributed by atoms with Crippen LogP contribution in [0.5, 0.6) is 11.5 Å². The van der Waals surface area contributed by atoms with Gasteiger partial charge in [-0.05, 0) is 12.1 Å². The third-order valence-corrected chi connectivity index (χ3v) is 4.62. The third kappa shape index (κ3) is 2.92. The Hall–Kier alpha value is -2.09. The zero-order valence-corrected chi connectivity index (χ0v) is 12.6. The molecule has 2 aliphatic rings. The molecule has 118 valence electrons. The van der Waals surface area contributed by atoms with Gasteiger partial charge in [0.25, 0.3) is 5.91 Å². The highest BCUT2D eigenvalue weighted by Crippen LogP contribution is 2.33. The van der Waals surface area contributed by atoms with Gasteiger partial charge in [0.15, 0.2) is 11.5 Å². The van der Waals surface area contributed by atoms with Gasteiger partial charge in [0.2, 0.25) is 0 Å². The smallest absolute Gasteiger partial charge is 0.408 e. The van der Waals surface area contributed by atoms with Gasteiger partial charge in [0, 0.05) is 12.3 Å². The fourth-order valence-corrected chi connectivity index (χ4v) is 3.61. The zero-order chi connectivity index (χ0) is 15.5. The zero-order valence-electron chi connectivity index (χ0n) is 11.8. The van der Waals surface area contributed by atoms with Gasteiger partial charge in [-0.2, -0.15) is 0 Å². The van der Waals surface area contributed by atoms with Gasteiger partial charge in [-0.3, -0.25) is 9.69 Å². The molecule has 3 rings (SSSR count). The first-order valence-electron chi connectivity index (χ1n) is 6.91. The number of ether oxygens (including phenoxy) is 2. The molecule has 1 fully saturated rings. The van der Waals surface area contributed by atoms with Crippen molar-refractivity contribution in [2.75, 3.05) is 31.4 Å². The third-order valence-electron chi connectivity index (χ3n) is 3.54. The van der Waals surface area contributed by atoms with Crippen LogP contribution in [-0.4, -0.2) is 59.4 Å². The Labute approximate surface area is 131 Å². The number of carbonyl (C=O) groups excluding carboxylic acids is 1. The predicted molar refractivity (Wildman–Crippen MR) is 80.7 cm³/mol. The van der Waals surface area contributed by atoms with Crippen molar-refractivity contribution in [2.24, 2.45) is 0 Å². The number of rotatable bonds is 3. The maximum Gasteiger partial charge on any atom is 0.408 e. The molecule has 2 amide bonds. The molecule has 0 spiro atoms. The Morgan fingerprint density at radius 1 is 1.36 bits per heavy atom. The lowest BCUT2D eigenvalue weighted by molar-refractivity contribution is 0.0925. The molecule has 0 saturated carbocycles. The van der Waals surface area contributed by atoms with Crippen LogP contribution >= 0.6 is 11.8 Å². The van der Waals surface area contributed by atoms with Gasteiger partial charge in [-0.15, -0.1) is 11.8 Å². The molecule has 0 aliphatic carbocycles. The summed E-state index contributed by atoms with van der Waals surface area (Å²) >= 11 is 1.54. The van der Waals surface area contributed by atoms with Gasteiger partial charge in [0.05, 0.1) is 17.5 Å². The minimum Gasteiger partial charge on any atom is -0.486 e. The lowest BCUT2D eigenvalue weighted by Crippen LogP contribution is -2.43. The summed E-state index contributed by atoms with van der Waals surface area (Å²) in [6, 6.07) is 4.95. The first-order valence-corrected chi connectivity index (χ1v) is 8.06. The summed E-state index contributed by atoms with van der Waals surface area (Å²) in [7, 11) is 0. The number of thioether (sulfide) groups is 1. The number of hydrogen-bond donors (Lipinski definition) is 2. The molecule has 2 heterocycles. The Morgan fingerprint density at radius 3 is 3.00 bits per heavy atom. The van der Waals surface area contributed by atoms with Crippen LogP contribution in [0.3, 0.4) is 0 Å². The second kappa shape index (κ2) is 6.35. The minimum atomic E-state index is -0.960. The molecule has 0 bridgehead atoms. The topological polar surface area (TPSA) is 88.1 Å². The largest absolute Gasteiger partial charge is 0.486 e. The van der Waals surface area contributed by atoms with E-state index < -0.39 is 6.09 Å². The van der Waals surface area contributed by atoms with E-state index in [1.165, 1.54) is 16.7 Å². The van der Waals surface area contributed by atoms with Gasteiger partial charge < -0.3 is 19.9 Å². The van der Waals surface area contributed by atoms with E-state index in [4.69, 9.17) is 14.6 Å². The van der Waals surface area contributed by atoms with Crippen LogP contribution in [0.1, 0.15) is 10.4 Å². The number of amides is 2. The molecule has 1 aromatic rings. The monoisotopic (exact) mass is 324 g/mol. The lowest BCUT2D eigenvalue weighted by Gasteiger charge is -2.22. The summed E-state index contributed by atoms with van der Waals surface area (Å²) in [6.07, 6.45) is -0.960. The van der Waals surface area contributed by atoms with Crippen molar-refractivity contribution in [1.29, 1.82) is 0 Å². The van der Waals surface area contributed by atoms with E-state index in [0.717, 1.165) is 0 Å². The Morgan fingerprint density at radius 2 is 2.18 bits per heavy atom. The van der Waals surface area contributed by atoms with Crippen molar-refractivity contribution < 1.29 is 24.2 Å². The number of nitrogens with zero attached hydrogens (tertiary/aromatic N) is 1. The summed E-state index contributed by atoms with van der Waals surface area (Å²) in [5.74, 6) is 1.83. The molecule has 0 aromatic heterocycles. The van der Waals surface area contributed by atoms with E-state index in [2.05, 4.69) is 5.32 Å². The number of fused-ring (bicyclic) bond motifs is 1. The van der Waals surface area contributed by atoms with Gasteiger partial charge >= 0.3 is 6.09 Å². The van der Waals surface area contributed by atoms with Crippen molar-refractivity contribution in [2.45, 2.75) is 6.04 Å². The van der Waals surface area contributed by atoms with E-state index in [0.29, 0.717) is 41.9 Å². The van der Waals surface area contributed by atoms with E-state index in [9.17, 15) is 9.59 Å². The molecule has 1 saturated heterocycles. The van der Waals surface area contributed by atoms with Crippen molar-refractivity contribution >= 4 is 23.8 Å². The summed E-state index contributed by atoms with van der Waals surface area (Å²) < 4.78 is 11.0. The molecule has 2 aliphatic heterocycles. The van der Waals surface area contributed by atoms with Crippen LogP contribution in [0.15, 0.2) is 18.2 Å². The van der Waals surface area contributed by atoms with Gasteiger partial charge in [-0.1, -0.05) is 6.07 Å². The van der Waals surface area contributed by atoms with Crippen LogP contribution in [0.2, 0.25) is 0 Å². The molecule has 22 heavy (non-hydrogen) atoms. The van der Waals surface area contributed by atoms with Crippen molar-refractivity contribution in [1.82, 2.24) is 10.2 Å². The Kier molecular flexibility index (Phi) is 4.28. The summed E-state index contributed by atoms with van der Waals surface area (Å²) in [6.45, 7) is 1.15. The molecule has 2 N–H and O–H groups in total. The van der Waals surface area contributed by atoms with Crippen LogP contribution < -0.4 is 14.8 Å². The van der Waals surface area contributed by atoms with E-state index in [-0.39, 0.29) is 18.5 Å². The normalized spacial score (nSPS) is 19.8. The second-order valence-electron chi connectivity index (χ2n) is 4.95. The van der Waals surface area contributed by atoms with Crippen molar-refractivity contribution in [3.63, 3.8) is 0 Å². The SMILES string of the molecule is O=C(NC[C@@H]1CSCN1C(=O)O)c1cccc2c1OCCO2. The van der Waals surface area contributed by atoms with E-state index in [1.54, 1.807) is 18.2 Å². The first kappa shape index (κ1) is 14.8. The van der Waals surface area contributed by atoms with E-state index >= 15 is 0 Å². The summed E-state index contributed by atoms with van der Waals surface area (Å²) in [5.41, 5.74) is 0.407. The molecular weight excluding hydrogens is 308 g/mol. The number of nitrogens with one attached hydrogen (secondary N) is 1. The van der Waals surface area contributed by atoms with Crippen LogP contribution in [0.4, 0.5) is 4.79 Å². The average Bonchev–Trinajstić information content (AvgIpc) is 3.01. The molecule has 7 nitrogen and oxygen atoms in total. The van der Waals surface area contributed by atoms with Gasteiger partial charge in [-0.25, -0.2) is 4.79 Å². The van der Waals surface area contributed by atoms with Crippen LogP contribution in [-0.2, 0) is 0 Å². The van der Waals surface area contributed by atoms with Crippen molar-refractivity contribution in [3.8, 4) is 11.5 Å². The molecule has 0 unspecified atom stereocenters. The number of hydrogen-bond acceptors (Lipinski definition) is 5. The molecule has 1 aromatic carbocycles. The average molecular weight is 324 g/mol. The molecule has 0 radical (unpaired) electrons. The second-order valence-corrected chi connectivity index (χ2v) is 5.95. The van der Waals surface area contributed by atoms with Gasteiger partial charge in [0.1, 0.15) is 13.2 Å². The highest BCUT2D eigenvalue weighted by Gasteiger charge is 2.29. The van der Waals surface area contributed by atoms with Crippen molar-refractivity contribution in [3.05, 3.63) is 23.8 Å². The number of para-hydroxylation sites is 1. The lowest BCUT2D eigenvalue weighted by atomic mass is 10.1. The van der Waals surface area contributed by atoms with Crippen LogP contribution in [0.25, 0.3) is 0 Å². The number of carboxylic acid groups (broad SMARTS) is 1. The standard InChI is InChI=1S/C14H16N2O5S/c17-13(15-6-9-7-22-8-16(9)14(18)19)10-2-1-3-11-12(10)21-5-4-20-11/h1-3,9H,4-8H2,(H,15,17)(H,18,19)/t9-/m1/s1. The maximum absolute atomic E-state index is 12.3. The Balaban J connectivity index is 1.67. The summed E-state index contributed by atoms with van der Waals surface area (Å²) in [4.78, 5) is 24.8. The highest BCUT2D eigenvalue weighted by molar-refractivity contribution is 7.99. The maximum atomic E-state index is 12.3. The first-order chi connectivity index (χ1) is 10.7. The number of benzene rings is 1. The van der Waals surface area contributed by atoms with E-state index in [1.807, 2.05) is 0 Å². The Bertz CT molecular complexity index is 595. The molecule has 1 atom stereocenters. The fourth-order valence-electron chi connectivity index (χ4n) is 2.42. The van der Waals surface area contributed by atoms with Crippen LogP contribution in [0, 0.1) is 0 Å². The molecule has 8 heteroatoms. The fraction of sp³-hybridized carbons (Fsp3) is 0.429. The predicted octanol–water partition coefficient (Wildman–Crippen LogP) is 1.24.